The van der Waals surface area contributed by atoms with Crippen LogP contribution in [0, 0.1) is 12.7 Å². The lowest BCUT2D eigenvalue weighted by molar-refractivity contribution is 0.155. The molecule has 0 saturated heterocycles. The Kier molecular flexibility index (Phi) is 4.13. The van der Waals surface area contributed by atoms with E-state index in [2.05, 4.69) is 5.32 Å². The Morgan fingerprint density at radius 1 is 1.21 bits per heavy atom. The molecule has 0 aliphatic rings. The SMILES string of the molecule is Cc1ccc(F)cc1NC(=O)OCc1ccccc1. The maximum Gasteiger partial charge on any atom is 0.411 e. The average Bonchev–Trinajstić information content (AvgIpc) is 2.42. The van der Waals surface area contributed by atoms with Crippen LogP contribution < -0.4 is 5.32 Å². The van der Waals surface area contributed by atoms with E-state index in [1.54, 1.807) is 13.0 Å². The van der Waals surface area contributed by atoms with Gasteiger partial charge in [-0.05, 0) is 30.2 Å². The largest absolute Gasteiger partial charge is 0.444 e. The molecule has 0 atom stereocenters. The average molecular weight is 259 g/mol. The molecule has 0 saturated carbocycles. The maximum absolute atomic E-state index is 13.1. The Balaban J connectivity index is 1.93. The van der Waals surface area contributed by atoms with E-state index in [-0.39, 0.29) is 6.61 Å². The highest BCUT2D eigenvalue weighted by Gasteiger charge is 2.06. The molecular formula is C15H14FNO2. The third kappa shape index (κ3) is 3.81. The van der Waals surface area contributed by atoms with E-state index < -0.39 is 11.9 Å². The molecule has 2 aromatic rings. The van der Waals surface area contributed by atoms with Gasteiger partial charge in [-0.2, -0.15) is 0 Å². The summed E-state index contributed by atoms with van der Waals surface area (Å²) in [6, 6.07) is 13.6. The first kappa shape index (κ1) is 13.1. The summed E-state index contributed by atoms with van der Waals surface area (Å²) in [4.78, 5) is 11.6. The van der Waals surface area contributed by atoms with Crippen LogP contribution in [0.2, 0.25) is 0 Å². The van der Waals surface area contributed by atoms with Crippen LogP contribution in [-0.2, 0) is 11.3 Å². The molecule has 2 aromatic carbocycles. The van der Waals surface area contributed by atoms with Crippen molar-refractivity contribution in [3.63, 3.8) is 0 Å². The van der Waals surface area contributed by atoms with Gasteiger partial charge in [0, 0.05) is 5.69 Å². The maximum atomic E-state index is 13.1. The number of aryl methyl sites for hydroxylation is 1. The third-order valence-corrected chi connectivity index (χ3v) is 2.65. The fourth-order valence-electron chi connectivity index (χ4n) is 1.60. The second kappa shape index (κ2) is 6.00. The summed E-state index contributed by atoms with van der Waals surface area (Å²) in [7, 11) is 0. The van der Waals surface area contributed by atoms with Gasteiger partial charge in [-0.15, -0.1) is 0 Å². The molecule has 0 bridgehead atoms. The van der Waals surface area contributed by atoms with Gasteiger partial charge < -0.3 is 4.74 Å². The van der Waals surface area contributed by atoms with E-state index in [0.29, 0.717) is 5.69 Å². The number of amides is 1. The van der Waals surface area contributed by atoms with Crippen LogP contribution in [0.4, 0.5) is 14.9 Å². The van der Waals surface area contributed by atoms with Crippen molar-refractivity contribution >= 4 is 11.8 Å². The molecule has 3 nitrogen and oxygen atoms in total. The second-order valence-electron chi connectivity index (χ2n) is 4.15. The Labute approximate surface area is 111 Å². The first-order valence-electron chi connectivity index (χ1n) is 5.89. The van der Waals surface area contributed by atoms with Crippen LogP contribution >= 0.6 is 0 Å². The molecule has 0 fully saturated rings. The highest BCUT2D eigenvalue weighted by molar-refractivity contribution is 5.85. The normalized spacial score (nSPS) is 10.0. The van der Waals surface area contributed by atoms with E-state index >= 15 is 0 Å². The summed E-state index contributed by atoms with van der Waals surface area (Å²) >= 11 is 0. The van der Waals surface area contributed by atoms with Crippen molar-refractivity contribution in [3.05, 3.63) is 65.5 Å². The third-order valence-electron chi connectivity index (χ3n) is 2.65. The molecule has 1 amide bonds. The van der Waals surface area contributed by atoms with Gasteiger partial charge >= 0.3 is 6.09 Å². The number of nitrogens with one attached hydrogen (secondary N) is 1. The van der Waals surface area contributed by atoms with Crippen LogP contribution in [0.1, 0.15) is 11.1 Å². The van der Waals surface area contributed by atoms with Gasteiger partial charge in [-0.25, -0.2) is 9.18 Å². The lowest BCUT2D eigenvalue weighted by atomic mass is 10.2. The summed E-state index contributed by atoms with van der Waals surface area (Å²) in [5.41, 5.74) is 2.09. The molecule has 0 aliphatic carbocycles. The predicted molar refractivity (Wildman–Crippen MR) is 71.4 cm³/mol. The molecule has 0 radical (unpaired) electrons. The number of carbonyl (C=O) groups is 1. The van der Waals surface area contributed by atoms with Crippen LogP contribution in [0.25, 0.3) is 0 Å². The zero-order valence-electron chi connectivity index (χ0n) is 10.5. The van der Waals surface area contributed by atoms with Gasteiger partial charge in [-0.3, -0.25) is 5.32 Å². The van der Waals surface area contributed by atoms with Gasteiger partial charge in [0.25, 0.3) is 0 Å². The van der Waals surface area contributed by atoms with Crippen molar-refractivity contribution in [2.45, 2.75) is 13.5 Å². The van der Waals surface area contributed by atoms with Gasteiger partial charge in [0.05, 0.1) is 0 Å². The number of benzene rings is 2. The summed E-state index contributed by atoms with van der Waals surface area (Å²) < 4.78 is 18.1. The lowest BCUT2D eigenvalue weighted by Crippen LogP contribution is -2.14. The molecular weight excluding hydrogens is 245 g/mol. The van der Waals surface area contributed by atoms with E-state index in [0.717, 1.165) is 11.1 Å². The molecule has 2 rings (SSSR count). The number of anilines is 1. The summed E-state index contributed by atoms with van der Waals surface area (Å²) in [6.45, 7) is 1.97. The van der Waals surface area contributed by atoms with Gasteiger partial charge in [-0.1, -0.05) is 36.4 Å². The zero-order chi connectivity index (χ0) is 13.7. The number of ether oxygens (including phenoxy) is 1. The quantitative estimate of drug-likeness (QED) is 0.908. The van der Waals surface area contributed by atoms with Crippen LogP contribution in [0.5, 0.6) is 0 Å². The first-order valence-corrected chi connectivity index (χ1v) is 5.89. The van der Waals surface area contributed by atoms with Gasteiger partial charge in [0.1, 0.15) is 12.4 Å². The van der Waals surface area contributed by atoms with Gasteiger partial charge in [0.15, 0.2) is 0 Å². The van der Waals surface area contributed by atoms with Crippen LogP contribution in [0.3, 0.4) is 0 Å². The topological polar surface area (TPSA) is 38.3 Å². The summed E-state index contributed by atoms with van der Waals surface area (Å²) in [5, 5.41) is 2.52. The van der Waals surface area contributed by atoms with Crippen LogP contribution in [0.15, 0.2) is 48.5 Å². The molecule has 0 spiro atoms. The van der Waals surface area contributed by atoms with Crippen molar-refractivity contribution in [2.24, 2.45) is 0 Å². The minimum atomic E-state index is -0.599. The Morgan fingerprint density at radius 2 is 1.95 bits per heavy atom. The number of hydrogen-bond donors (Lipinski definition) is 1. The second-order valence-corrected chi connectivity index (χ2v) is 4.15. The smallest absolute Gasteiger partial charge is 0.411 e. The molecule has 98 valence electrons. The predicted octanol–water partition coefficient (Wildman–Crippen LogP) is 3.88. The summed E-state index contributed by atoms with van der Waals surface area (Å²) in [5.74, 6) is -0.399. The Hall–Kier alpha value is -2.36. The molecule has 4 heteroatoms. The molecule has 0 unspecified atom stereocenters. The van der Waals surface area contributed by atoms with Crippen LogP contribution in [-0.4, -0.2) is 6.09 Å². The number of rotatable bonds is 3. The fourth-order valence-corrected chi connectivity index (χ4v) is 1.60. The van der Waals surface area contributed by atoms with E-state index in [4.69, 9.17) is 4.74 Å². The minimum absolute atomic E-state index is 0.182. The number of hydrogen-bond acceptors (Lipinski definition) is 2. The van der Waals surface area contributed by atoms with Crippen molar-refractivity contribution in [1.82, 2.24) is 0 Å². The molecule has 1 N–H and O–H groups in total. The lowest BCUT2D eigenvalue weighted by Gasteiger charge is -2.09. The Bertz CT molecular complexity index is 570. The van der Waals surface area contributed by atoms with Crippen molar-refractivity contribution in [1.29, 1.82) is 0 Å². The number of carbonyl (C=O) groups excluding carboxylic acids is 1. The molecule has 0 aliphatic heterocycles. The van der Waals surface area contributed by atoms with E-state index in [9.17, 15) is 9.18 Å². The summed E-state index contributed by atoms with van der Waals surface area (Å²) in [6.07, 6.45) is -0.599. The molecule has 19 heavy (non-hydrogen) atoms. The zero-order valence-corrected chi connectivity index (χ0v) is 10.5. The molecule has 0 aromatic heterocycles. The minimum Gasteiger partial charge on any atom is -0.444 e. The van der Waals surface area contributed by atoms with Gasteiger partial charge in [0.2, 0.25) is 0 Å². The number of halogens is 1. The van der Waals surface area contributed by atoms with Crippen molar-refractivity contribution in [2.75, 3.05) is 5.32 Å². The monoisotopic (exact) mass is 259 g/mol. The first-order chi connectivity index (χ1) is 9.15. The van der Waals surface area contributed by atoms with E-state index in [1.807, 2.05) is 30.3 Å². The van der Waals surface area contributed by atoms with E-state index in [1.165, 1.54) is 12.1 Å². The van der Waals surface area contributed by atoms with Crippen molar-refractivity contribution < 1.29 is 13.9 Å². The highest BCUT2D eigenvalue weighted by atomic mass is 19.1. The fraction of sp³-hybridized carbons (Fsp3) is 0.133. The highest BCUT2D eigenvalue weighted by Crippen LogP contribution is 2.16. The molecule has 0 heterocycles. The van der Waals surface area contributed by atoms with Crippen molar-refractivity contribution in [3.8, 4) is 0 Å². The Morgan fingerprint density at radius 3 is 2.68 bits per heavy atom. The standard InChI is InChI=1S/C15H14FNO2/c1-11-7-8-13(16)9-14(11)17-15(18)19-10-12-5-3-2-4-6-12/h2-9H,10H2,1H3,(H,17,18).